The molecule has 0 saturated heterocycles. The van der Waals surface area contributed by atoms with Gasteiger partial charge in [-0.25, -0.2) is 0 Å². The summed E-state index contributed by atoms with van der Waals surface area (Å²) in [6.07, 6.45) is 0. The molecular weight excluding hydrogens is 236 g/mol. The molecule has 0 aliphatic carbocycles. The second-order valence-corrected chi connectivity index (χ2v) is 4.25. The summed E-state index contributed by atoms with van der Waals surface area (Å²) in [4.78, 5) is 20.1. The van der Waals surface area contributed by atoms with Gasteiger partial charge in [0, 0.05) is 6.07 Å². The number of benzene rings is 1. The minimum atomic E-state index is -1.07. The van der Waals surface area contributed by atoms with E-state index in [1.807, 2.05) is 0 Å². The Balaban J connectivity index is 0.000000631. The van der Waals surface area contributed by atoms with Crippen molar-refractivity contribution in [2.24, 2.45) is 5.92 Å². The van der Waals surface area contributed by atoms with E-state index < -0.39 is 10.9 Å². The molecule has 0 atom stereocenters. The number of carbonyl (C=O) groups is 1. The molecule has 0 amide bonds. The fourth-order valence-electron chi connectivity index (χ4n) is 0.953. The first-order valence-corrected chi connectivity index (χ1v) is 5.53. The van der Waals surface area contributed by atoms with E-state index in [9.17, 15) is 14.9 Å². The molecule has 6 nitrogen and oxygen atoms in total. The lowest BCUT2D eigenvalue weighted by molar-refractivity contribution is -0.383. The number of hydrogen-bond acceptors (Lipinski definition) is 4. The zero-order valence-electron chi connectivity index (χ0n) is 10.7. The van der Waals surface area contributed by atoms with E-state index in [0.717, 1.165) is 5.92 Å². The SMILES string of the molecule is CC(C)C.O=C(O)CNc1ccccc1[N+](=O)[O-]. The third-order valence-electron chi connectivity index (χ3n) is 1.53. The van der Waals surface area contributed by atoms with Gasteiger partial charge in [-0.2, -0.15) is 0 Å². The summed E-state index contributed by atoms with van der Waals surface area (Å²) in [5, 5.41) is 21.3. The molecule has 0 unspecified atom stereocenters. The first-order valence-electron chi connectivity index (χ1n) is 5.53. The van der Waals surface area contributed by atoms with Crippen molar-refractivity contribution < 1.29 is 14.8 Å². The number of para-hydroxylation sites is 2. The van der Waals surface area contributed by atoms with E-state index in [0.29, 0.717) is 0 Å². The summed E-state index contributed by atoms with van der Waals surface area (Å²) in [6.45, 7) is 6.16. The Morgan fingerprint density at radius 3 is 2.33 bits per heavy atom. The smallest absolute Gasteiger partial charge is 0.322 e. The number of nitrogens with one attached hydrogen (secondary N) is 1. The minimum absolute atomic E-state index is 0.131. The summed E-state index contributed by atoms with van der Waals surface area (Å²) < 4.78 is 0. The Hall–Kier alpha value is -2.11. The van der Waals surface area contributed by atoms with Crippen molar-refractivity contribution in [2.75, 3.05) is 11.9 Å². The maximum atomic E-state index is 10.5. The molecule has 100 valence electrons. The van der Waals surface area contributed by atoms with Crippen molar-refractivity contribution in [3.63, 3.8) is 0 Å². The van der Waals surface area contributed by atoms with Gasteiger partial charge >= 0.3 is 5.97 Å². The number of aliphatic carboxylic acids is 1. The van der Waals surface area contributed by atoms with Gasteiger partial charge in [0.25, 0.3) is 5.69 Å². The lowest BCUT2D eigenvalue weighted by atomic mass is 10.2. The molecule has 0 aliphatic heterocycles. The van der Waals surface area contributed by atoms with E-state index in [1.54, 1.807) is 6.07 Å². The van der Waals surface area contributed by atoms with E-state index >= 15 is 0 Å². The van der Waals surface area contributed by atoms with Crippen molar-refractivity contribution >= 4 is 17.3 Å². The highest BCUT2D eigenvalue weighted by Crippen LogP contribution is 2.22. The molecule has 2 N–H and O–H groups in total. The summed E-state index contributed by atoms with van der Waals surface area (Å²) >= 11 is 0. The van der Waals surface area contributed by atoms with Crippen LogP contribution in [0.1, 0.15) is 20.8 Å². The molecule has 18 heavy (non-hydrogen) atoms. The molecule has 0 saturated carbocycles. The van der Waals surface area contributed by atoms with Crippen LogP contribution in [0.5, 0.6) is 0 Å². The number of anilines is 1. The Morgan fingerprint density at radius 2 is 1.89 bits per heavy atom. The molecule has 0 bridgehead atoms. The van der Waals surface area contributed by atoms with Gasteiger partial charge in [0.1, 0.15) is 12.2 Å². The van der Waals surface area contributed by atoms with E-state index in [-0.39, 0.29) is 17.9 Å². The number of nitro groups is 1. The molecular formula is C12H18N2O4. The number of nitrogens with zero attached hydrogens (tertiary/aromatic N) is 1. The zero-order chi connectivity index (χ0) is 14.1. The first kappa shape index (κ1) is 15.9. The summed E-state index contributed by atoms with van der Waals surface area (Å²) in [6, 6.07) is 5.88. The van der Waals surface area contributed by atoms with E-state index in [4.69, 9.17) is 5.11 Å². The Bertz CT molecular complexity index is 402. The second-order valence-electron chi connectivity index (χ2n) is 4.25. The third-order valence-corrected chi connectivity index (χ3v) is 1.53. The molecule has 0 heterocycles. The Labute approximate surface area is 106 Å². The summed E-state index contributed by atoms with van der Waals surface area (Å²) in [5.41, 5.74) is 0.0775. The fraction of sp³-hybridized carbons (Fsp3) is 0.417. The normalized spacial score (nSPS) is 9.33. The van der Waals surface area contributed by atoms with Crippen molar-refractivity contribution in [2.45, 2.75) is 20.8 Å². The van der Waals surface area contributed by atoms with Gasteiger partial charge < -0.3 is 10.4 Å². The lowest BCUT2D eigenvalue weighted by Gasteiger charge is -2.02. The molecule has 1 aromatic rings. The molecule has 0 radical (unpaired) electrons. The van der Waals surface area contributed by atoms with Crippen molar-refractivity contribution in [3.8, 4) is 0 Å². The minimum Gasteiger partial charge on any atom is -0.480 e. The van der Waals surface area contributed by atoms with Gasteiger partial charge in [-0.3, -0.25) is 14.9 Å². The van der Waals surface area contributed by atoms with E-state index in [2.05, 4.69) is 26.1 Å². The highest BCUT2D eigenvalue weighted by Gasteiger charge is 2.12. The van der Waals surface area contributed by atoms with Crippen molar-refractivity contribution in [1.82, 2.24) is 0 Å². The van der Waals surface area contributed by atoms with Gasteiger partial charge in [0.05, 0.1) is 4.92 Å². The predicted molar refractivity (Wildman–Crippen MR) is 69.7 cm³/mol. The predicted octanol–water partition coefficient (Wildman–Crippen LogP) is 2.75. The molecule has 0 aliphatic rings. The van der Waals surface area contributed by atoms with Crippen LogP contribution in [0.4, 0.5) is 11.4 Å². The average molecular weight is 254 g/mol. The van der Waals surface area contributed by atoms with Crippen molar-refractivity contribution in [3.05, 3.63) is 34.4 Å². The van der Waals surface area contributed by atoms with Gasteiger partial charge in [-0.05, 0) is 12.0 Å². The van der Waals surface area contributed by atoms with E-state index in [1.165, 1.54) is 18.2 Å². The standard InChI is InChI=1S/C8H8N2O4.C4H10/c11-8(12)5-9-6-3-1-2-4-7(6)10(13)14;1-4(2)3/h1-4,9H,5H2,(H,11,12);4H,1-3H3. The van der Waals surface area contributed by atoms with Crippen LogP contribution in [0.3, 0.4) is 0 Å². The molecule has 6 heteroatoms. The Morgan fingerprint density at radius 1 is 1.39 bits per heavy atom. The Kier molecular flexibility index (Phi) is 7.11. The van der Waals surface area contributed by atoms with Crippen LogP contribution in [-0.2, 0) is 4.79 Å². The maximum Gasteiger partial charge on any atom is 0.322 e. The topological polar surface area (TPSA) is 92.5 Å². The van der Waals surface area contributed by atoms with Gasteiger partial charge in [-0.1, -0.05) is 32.9 Å². The van der Waals surface area contributed by atoms with Gasteiger partial charge in [0.15, 0.2) is 0 Å². The first-order chi connectivity index (χ1) is 8.34. The molecule has 0 aromatic heterocycles. The highest BCUT2D eigenvalue weighted by atomic mass is 16.6. The molecule has 0 spiro atoms. The average Bonchev–Trinajstić information content (AvgIpc) is 2.25. The van der Waals surface area contributed by atoms with Crippen LogP contribution in [0, 0.1) is 16.0 Å². The van der Waals surface area contributed by atoms with Crippen LogP contribution in [0.25, 0.3) is 0 Å². The molecule has 1 rings (SSSR count). The van der Waals surface area contributed by atoms with Crippen LogP contribution in [0.15, 0.2) is 24.3 Å². The summed E-state index contributed by atoms with van der Waals surface area (Å²) in [7, 11) is 0. The fourth-order valence-corrected chi connectivity index (χ4v) is 0.953. The third kappa shape index (κ3) is 7.21. The zero-order valence-corrected chi connectivity index (χ0v) is 10.7. The van der Waals surface area contributed by atoms with Crippen LogP contribution in [0.2, 0.25) is 0 Å². The number of carboxylic acid groups (broad SMARTS) is 1. The quantitative estimate of drug-likeness (QED) is 0.636. The number of carboxylic acids is 1. The monoisotopic (exact) mass is 254 g/mol. The van der Waals surface area contributed by atoms with Gasteiger partial charge in [0.2, 0.25) is 0 Å². The maximum absolute atomic E-state index is 10.5. The molecule has 1 aromatic carbocycles. The number of hydrogen-bond donors (Lipinski definition) is 2. The van der Waals surface area contributed by atoms with Crippen LogP contribution >= 0.6 is 0 Å². The number of rotatable bonds is 4. The largest absolute Gasteiger partial charge is 0.480 e. The number of nitro benzene ring substituents is 1. The van der Waals surface area contributed by atoms with Gasteiger partial charge in [-0.15, -0.1) is 0 Å². The second kappa shape index (κ2) is 8.05. The van der Waals surface area contributed by atoms with Crippen LogP contribution in [-0.4, -0.2) is 22.5 Å². The molecule has 0 fully saturated rings. The highest BCUT2D eigenvalue weighted by molar-refractivity contribution is 5.74. The summed E-state index contributed by atoms with van der Waals surface area (Å²) in [5.74, 6) is -0.233. The van der Waals surface area contributed by atoms with Crippen molar-refractivity contribution in [1.29, 1.82) is 0 Å². The lowest BCUT2D eigenvalue weighted by Crippen LogP contribution is -2.13. The van der Waals surface area contributed by atoms with Crippen LogP contribution < -0.4 is 5.32 Å².